The zero-order valence-electron chi connectivity index (χ0n) is 11.7. The van der Waals surface area contributed by atoms with Crippen LogP contribution in [0.2, 0.25) is 0 Å². The number of carbonyl (C=O) groups is 2. The van der Waals surface area contributed by atoms with Crippen molar-refractivity contribution in [3.8, 4) is 0 Å². The number of ether oxygens (including phenoxy) is 1. The molecular formula is C14H19FN2O3. The van der Waals surface area contributed by atoms with Gasteiger partial charge in [-0.1, -0.05) is 0 Å². The molecule has 2 amide bonds. The lowest BCUT2D eigenvalue weighted by molar-refractivity contribution is -0.129. The maximum atomic E-state index is 12.7. The Hall–Kier alpha value is -1.95. The molecule has 0 saturated carbocycles. The fraction of sp³-hybridized carbons (Fsp3) is 0.429. The van der Waals surface area contributed by atoms with Crippen molar-refractivity contribution in [2.45, 2.75) is 6.92 Å². The van der Waals surface area contributed by atoms with Crippen molar-refractivity contribution in [2.75, 3.05) is 33.4 Å². The van der Waals surface area contributed by atoms with Gasteiger partial charge in [-0.3, -0.25) is 9.59 Å². The highest BCUT2D eigenvalue weighted by Gasteiger charge is 2.09. The number of hydrogen-bond acceptors (Lipinski definition) is 3. The monoisotopic (exact) mass is 282 g/mol. The Labute approximate surface area is 117 Å². The molecule has 0 atom stereocenters. The van der Waals surface area contributed by atoms with Gasteiger partial charge in [0.2, 0.25) is 5.91 Å². The Bertz CT molecular complexity index is 448. The maximum absolute atomic E-state index is 12.7. The smallest absolute Gasteiger partial charge is 0.251 e. The molecular weight excluding hydrogens is 263 g/mol. The summed E-state index contributed by atoms with van der Waals surface area (Å²) in [6, 6.07) is 5.29. The molecule has 1 aromatic rings. The maximum Gasteiger partial charge on any atom is 0.251 e. The van der Waals surface area contributed by atoms with Crippen LogP contribution in [0, 0.1) is 5.82 Å². The van der Waals surface area contributed by atoms with Crippen molar-refractivity contribution in [2.24, 2.45) is 0 Å². The van der Waals surface area contributed by atoms with Crippen LogP contribution in [-0.2, 0) is 9.53 Å². The molecule has 6 heteroatoms. The number of nitrogens with zero attached hydrogens (tertiary/aromatic N) is 1. The van der Waals surface area contributed by atoms with Crippen LogP contribution in [0.5, 0.6) is 0 Å². The van der Waals surface area contributed by atoms with Crippen LogP contribution < -0.4 is 5.32 Å². The van der Waals surface area contributed by atoms with Gasteiger partial charge in [-0.2, -0.15) is 0 Å². The van der Waals surface area contributed by atoms with Crippen LogP contribution in [0.25, 0.3) is 0 Å². The molecule has 5 nitrogen and oxygen atoms in total. The second-order valence-corrected chi connectivity index (χ2v) is 4.26. The normalized spacial score (nSPS) is 10.2. The number of benzene rings is 1. The van der Waals surface area contributed by atoms with Gasteiger partial charge in [0.05, 0.1) is 6.61 Å². The third kappa shape index (κ3) is 5.36. The number of methoxy groups -OCH3 is 1. The van der Waals surface area contributed by atoms with Crippen LogP contribution in [0.3, 0.4) is 0 Å². The molecule has 0 aliphatic rings. The van der Waals surface area contributed by atoms with Gasteiger partial charge in [0.15, 0.2) is 0 Å². The first-order valence-electron chi connectivity index (χ1n) is 6.33. The lowest BCUT2D eigenvalue weighted by Crippen LogP contribution is -2.39. The lowest BCUT2D eigenvalue weighted by atomic mass is 10.2. The van der Waals surface area contributed by atoms with Gasteiger partial charge in [-0.15, -0.1) is 0 Å². The number of amides is 2. The molecule has 0 fully saturated rings. The summed E-state index contributed by atoms with van der Waals surface area (Å²) in [7, 11) is 1.56. The molecule has 1 rings (SSSR count). The summed E-state index contributed by atoms with van der Waals surface area (Å²) in [6.45, 7) is 3.15. The molecule has 0 saturated heterocycles. The van der Waals surface area contributed by atoms with Crippen LogP contribution in [0.1, 0.15) is 17.3 Å². The third-order valence-corrected chi connectivity index (χ3v) is 2.78. The highest BCUT2D eigenvalue weighted by atomic mass is 19.1. The Morgan fingerprint density at radius 1 is 1.25 bits per heavy atom. The Morgan fingerprint density at radius 2 is 1.90 bits per heavy atom. The lowest BCUT2D eigenvalue weighted by Gasteiger charge is -2.20. The van der Waals surface area contributed by atoms with Crippen molar-refractivity contribution in [1.29, 1.82) is 0 Å². The standard InChI is InChI=1S/C14H19FN2O3/c1-11(18)17(9-10-20-2)8-7-16-14(19)12-3-5-13(15)6-4-12/h3-6H,7-10H2,1-2H3,(H,16,19). The fourth-order valence-corrected chi connectivity index (χ4v) is 1.64. The van der Waals surface area contributed by atoms with Crippen molar-refractivity contribution in [1.82, 2.24) is 10.2 Å². The Balaban J connectivity index is 2.40. The molecule has 0 bridgehead atoms. The number of nitrogens with one attached hydrogen (secondary N) is 1. The predicted octanol–water partition coefficient (Wildman–Crippen LogP) is 1.05. The summed E-state index contributed by atoms with van der Waals surface area (Å²) in [4.78, 5) is 24.7. The molecule has 0 heterocycles. The van der Waals surface area contributed by atoms with Gasteiger partial charge < -0.3 is 15.0 Å². The highest BCUT2D eigenvalue weighted by Crippen LogP contribution is 2.02. The second-order valence-electron chi connectivity index (χ2n) is 4.26. The van der Waals surface area contributed by atoms with Crippen LogP contribution in [0.15, 0.2) is 24.3 Å². The summed E-state index contributed by atoms with van der Waals surface area (Å²) in [5.74, 6) is -0.748. The van der Waals surface area contributed by atoms with Gasteiger partial charge in [-0.25, -0.2) is 4.39 Å². The average molecular weight is 282 g/mol. The van der Waals surface area contributed by atoms with E-state index in [1.165, 1.54) is 31.2 Å². The summed E-state index contributed by atoms with van der Waals surface area (Å²) in [6.07, 6.45) is 0. The molecule has 1 aromatic carbocycles. The molecule has 20 heavy (non-hydrogen) atoms. The van der Waals surface area contributed by atoms with Gasteiger partial charge in [0.25, 0.3) is 5.91 Å². The molecule has 0 aromatic heterocycles. The van der Waals surface area contributed by atoms with E-state index >= 15 is 0 Å². The first-order chi connectivity index (χ1) is 9.54. The van der Waals surface area contributed by atoms with Crippen molar-refractivity contribution in [3.63, 3.8) is 0 Å². The first-order valence-corrected chi connectivity index (χ1v) is 6.33. The minimum Gasteiger partial charge on any atom is -0.383 e. The minimum absolute atomic E-state index is 0.0712. The number of hydrogen-bond donors (Lipinski definition) is 1. The zero-order valence-corrected chi connectivity index (χ0v) is 11.7. The molecule has 1 N–H and O–H groups in total. The molecule has 0 aliphatic heterocycles. The second kappa shape index (κ2) is 8.27. The van der Waals surface area contributed by atoms with E-state index in [0.717, 1.165) is 0 Å². The van der Waals surface area contributed by atoms with E-state index in [1.807, 2.05) is 0 Å². The van der Waals surface area contributed by atoms with Gasteiger partial charge in [-0.05, 0) is 24.3 Å². The Kier molecular flexibility index (Phi) is 6.66. The molecule has 0 spiro atoms. The predicted molar refractivity (Wildman–Crippen MR) is 72.9 cm³/mol. The minimum atomic E-state index is -0.385. The van der Waals surface area contributed by atoms with Gasteiger partial charge in [0, 0.05) is 39.2 Å². The van der Waals surface area contributed by atoms with Crippen LogP contribution in [0.4, 0.5) is 4.39 Å². The van der Waals surface area contributed by atoms with E-state index in [0.29, 0.717) is 31.8 Å². The largest absolute Gasteiger partial charge is 0.383 e. The van der Waals surface area contributed by atoms with Gasteiger partial charge in [0.1, 0.15) is 5.82 Å². The van der Waals surface area contributed by atoms with Gasteiger partial charge >= 0.3 is 0 Å². The fourth-order valence-electron chi connectivity index (χ4n) is 1.64. The Morgan fingerprint density at radius 3 is 2.45 bits per heavy atom. The van der Waals surface area contributed by atoms with E-state index < -0.39 is 0 Å². The molecule has 0 aliphatic carbocycles. The first kappa shape index (κ1) is 16.1. The van der Waals surface area contributed by atoms with Crippen LogP contribution in [-0.4, -0.2) is 50.1 Å². The molecule has 0 radical (unpaired) electrons. The molecule has 110 valence electrons. The number of carbonyl (C=O) groups excluding carboxylic acids is 2. The number of halogens is 1. The SMILES string of the molecule is COCCN(CCNC(=O)c1ccc(F)cc1)C(C)=O. The zero-order chi connectivity index (χ0) is 15.0. The van der Waals surface area contributed by atoms with E-state index in [4.69, 9.17) is 4.74 Å². The average Bonchev–Trinajstić information content (AvgIpc) is 2.42. The van der Waals surface area contributed by atoms with Crippen molar-refractivity contribution < 1.29 is 18.7 Å². The summed E-state index contributed by atoms with van der Waals surface area (Å²) in [5, 5.41) is 2.68. The third-order valence-electron chi connectivity index (χ3n) is 2.78. The van der Waals surface area contributed by atoms with Crippen molar-refractivity contribution in [3.05, 3.63) is 35.6 Å². The summed E-state index contributed by atoms with van der Waals surface area (Å²) < 4.78 is 17.6. The summed E-state index contributed by atoms with van der Waals surface area (Å²) in [5.41, 5.74) is 0.387. The summed E-state index contributed by atoms with van der Waals surface area (Å²) >= 11 is 0. The van der Waals surface area contributed by atoms with Crippen molar-refractivity contribution >= 4 is 11.8 Å². The molecule has 0 unspecified atom stereocenters. The van der Waals surface area contributed by atoms with E-state index in [2.05, 4.69) is 5.32 Å². The van der Waals surface area contributed by atoms with E-state index in [1.54, 1.807) is 12.0 Å². The quantitative estimate of drug-likeness (QED) is 0.813. The van der Waals surface area contributed by atoms with Crippen LogP contribution >= 0.6 is 0 Å². The number of rotatable bonds is 7. The van der Waals surface area contributed by atoms with E-state index in [9.17, 15) is 14.0 Å². The van der Waals surface area contributed by atoms with E-state index in [-0.39, 0.29) is 17.6 Å². The topological polar surface area (TPSA) is 58.6 Å². The highest BCUT2D eigenvalue weighted by molar-refractivity contribution is 5.94.